The van der Waals surface area contributed by atoms with Crippen LogP contribution >= 0.6 is 0 Å². The van der Waals surface area contributed by atoms with Gasteiger partial charge in [0.05, 0.1) is 17.8 Å². The Morgan fingerprint density at radius 3 is 2.49 bits per heavy atom. The number of likely N-dealkylation sites (tertiary alicyclic amines) is 1. The van der Waals surface area contributed by atoms with E-state index in [0.29, 0.717) is 31.0 Å². The summed E-state index contributed by atoms with van der Waals surface area (Å²) in [5.41, 5.74) is 5.93. The molecule has 1 atom stereocenters. The van der Waals surface area contributed by atoms with E-state index < -0.39 is 11.4 Å². The lowest BCUT2D eigenvalue weighted by molar-refractivity contribution is -0.127. The Balaban J connectivity index is 1.13. The molecule has 3 aromatic rings. The van der Waals surface area contributed by atoms with E-state index in [-0.39, 0.29) is 46.1 Å². The molecule has 11 nitrogen and oxygen atoms in total. The van der Waals surface area contributed by atoms with Gasteiger partial charge in [0.15, 0.2) is 0 Å². The van der Waals surface area contributed by atoms with Crippen LogP contribution in [0.5, 0.6) is 11.5 Å². The van der Waals surface area contributed by atoms with Crippen LogP contribution in [0.4, 0.5) is 16.0 Å². The van der Waals surface area contributed by atoms with Gasteiger partial charge in [-0.2, -0.15) is 0 Å². The maximum Gasteiger partial charge on any atom is 0.252 e. The van der Waals surface area contributed by atoms with Crippen LogP contribution in [0.1, 0.15) is 57.1 Å². The molecule has 1 saturated carbocycles. The summed E-state index contributed by atoms with van der Waals surface area (Å²) in [5.74, 6) is 0.234. The highest BCUT2D eigenvalue weighted by molar-refractivity contribution is 6.16. The number of anilines is 2. The summed E-state index contributed by atoms with van der Waals surface area (Å²) in [6.45, 7) is 16.7. The van der Waals surface area contributed by atoms with E-state index in [1.807, 2.05) is 24.3 Å². The molecule has 3 aliphatic rings. The number of amides is 1. The van der Waals surface area contributed by atoms with Crippen molar-refractivity contribution in [2.45, 2.75) is 63.6 Å². The van der Waals surface area contributed by atoms with Gasteiger partial charge in [0.25, 0.3) is 5.91 Å². The molecule has 12 heteroatoms. The lowest BCUT2D eigenvalue weighted by Gasteiger charge is -2.47. The van der Waals surface area contributed by atoms with Crippen molar-refractivity contribution in [3.63, 3.8) is 0 Å². The van der Waals surface area contributed by atoms with Crippen LogP contribution in [0, 0.1) is 17.8 Å². The minimum absolute atomic E-state index is 0.0179. The van der Waals surface area contributed by atoms with Gasteiger partial charge in [0.2, 0.25) is 5.70 Å². The minimum atomic E-state index is -0.649. The molecule has 2 aliphatic heterocycles. The maximum absolute atomic E-state index is 15.4. The molecule has 2 aromatic carbocycles. The highest BCUT2D eigenvalue weighted by Gasteiger charge is 2.35. The number of nitrogens with one attached hydrogen (secondary N) is 2. The Kier molecular flexibility index (Phi) is 10.2. The van der Waals surface area contributed by atoms with E-state index >= 15 is 4.39 Å². The third-order valence-corrected chi connectivity index (χ3v) is 9.91. The fourth-order valence-electron chi connectivity index (χ4n) is 6.89. The molecule has 0 radical (unpaired) electrons. The van der Waals surface area contributed by atoms with Crippen LogP contribution < -0.4 is 15.8 Å². The molecule has 0 spiro atoms. The van der Waals surface area contributed by atoms with Crippen LogP contribution in [0.3, 0.4) is 0 Å². The standard InChI is InChI=1S/C37H44FN9O2/c1-37(2,47-19-17-45(18-20-47)26-10-7-11-26)22-31(41-3)36(48)46-16-8-9-25(23-46)44-35-32(34(40)42-24-43-35)33(39)29-15-14-28(21-30(29)38)49-27-12-5-4-6-13-27/h4-6,12-15,21-22,24-26,39H,7-11,16-20,23H2,1-2H3,(H3,40,42,43,44). The number of ether oxygens (including phenoxy) is 1. The molecule has 1 aromatic heterocycles. The summed E-state index contributed by atoms with van der Waals surface area (Å²) < 4.78 is 21.1. The van der Waals surface area contributed by atoms with Crippen molar-refractivity contribution in [1.29, 1.82) is 5.41 Å². The lowest BCUT2D eigenvalue weighted by atomic mass is 9.90. The molecule has 49 heavy (non-hydrogen) atoms. The van der Waals surface area contributed by atoms with Gasteiger partial charge in [-0.3, -0.25) is 20.0 Å². The molecule has 3 fully saturated rings. The van der Waals surface area contributed by atoms with Crippen LogP contribution in [0.25, 0.3) is 4.85 Å². The van der Waals surface area contributed by atoms with E-state index in [2.05, 4.69) is 43.8 Å². The lowest BCUT2D eigenvalue weighted by Crippen LogP contribution is -2.57. The molecular weight excluding hydrogens is 621 g/mol. The van der Waals surface area contributed by atoms with Crippen molar-refractivity contribution in [2.75, 3.05) is 50.3 Å². The van der Waals surface area contributed by atoms with Gasteiger partial charge in [-0.1, -0.05) is 30.7 Å². The summed E-state index contributed by atoms with van der Waals surface area (Å²) in [6.07, 6.45) is 8.46. The summed E-state index contributed by atoms with van der Waals surface area (Å²) >= 11 is 0. The second-order valence-electron chi connectivity index (χ2n) is 13.6. The van der Waals surface area contributed by atoms with Gasteiger partial charge in [-0.15, -0.1) is 0 Å². The Hall–Kier alpha value is -4.86. The number of piperazine rings is 1. The van der Waals surface area contributed by atoms with E-state index in [9.17, 15) is 4.79 Å². The fourth-order valence-corrected chi connectivity index (χ4v) is 6.89. The van der Waals surface area contributed by atoms with Crippen molar-refractivity contribution in [2.24, 2.45) is 0 Å². The SMILES string of the molecule is [C-]#[N+]C(=CC(C)(C)N1CCN(C2CCC2)CC1)C(=O)N1CCCC(Nc2ncnc(N)c2C(=N)c2ccc(Oc3ccccc3)cc2F)C1. The number of piperidine rings is 1. The molecule has 4 N–H and O–H groups in total. The molecule has 0 bridgehead atoms. The number of para-hydroxylation sites is 1. The number of carbonyl (C=O) groups excluding carboxylic acids is 1. The third kappa shape index (κ3) is 7.74. The predicted molar refractivity (Wildman–Crippen MR) is 188 cm³/mol. The summed E-state index contributed by atoms with van der Waals surface area (Å²) in [7, 11) is 0. The average Bonchev–Trinajstić information content (AvgIpc) is 3.07. The average molecular weight is 666 g/mol. The number of hydrogen-bond donors (Lipinski definition) is 3. The van der Waals surface area contributed by atoms with Gasteiger partial charge in [0.1, 0.15) is 35.3 Å². The molecule has 256 valence electrons. The highest BCUT2D eigenvalue weighted by atomic mass is 19.1. The largest absolute Gasteiger partial charge is 0.457 e. The molecule has 2 saturated heterocycles. The number of carbonyl (C=O) groups is 1. The minimum Gasteiger partial charge on any atom is -0.457 e. The number of aromatic nitrogens is 2. The monoisotopic (exact) mass is 665 g/mol. The van der Waals surface area contributed by atoms with Gasteiger partial charge in [-0.05, 0) is 63.8 Å². The zero-order valence-electron chi connectivity index (χ0n) is 28.2. The quantitative estimate of drug-likeness (QED) is 0.146. The number of hydrogen-bond acceptors (Lipinski definition) is 9. The van der Waals surface area contributed by atoms with Crippen molar-refractivity contribution < 1.29 is 13.9 Å². The molecule has 3 heterocycles. The van der Waals surface area contributed by atoms with E-state index in [1.54, 1.807) is 23.1 Å². The second-order valence-corrected chi connectivity index (χ2v) is 13.6. The highest BCUT2D eigenvalue weighted by Crippen LogP contribution is 2.30. The molecule has 6 rings (SSSR count). The Morgan fingerprint density at radius 1 is 1.06 bits per heavy atom. The number of rotatable bonds is 10. The van der Waals surface area contributed by atoms with E-state index in [4.69, 9.17) is 22.5 Å². The van der Waals surface area contributed by atoms with Crippen LogP contribution in [0.2, 0.25) is 0 Å². The number of halogens is 1. The first kappa shape index (κ1) is 34.0. The molecule has 1 unspecified atom stereocenters. The normalized spacial score (nSPS) is 19.5. The molecule has 1 amide bonds. The number of nitrogens with two attached hydrogens (primary N) is 1. The van der Waals surface area contributed by atoms with Crippen LogP contribution in [0.15, 0.2) is 66.6 Å². The first-order valence-corrected chi connectivity index (χ1v) is 17.0. The van der Waals surface area contributed by atoms with Crippen LogP contribution in [-0.2, 0) is 4.79 Å². The summed E-state index contributed by atoms with van der Waals surface area (Å²) in [5, 5.41) is 12.3. The van der Waals surface area contributed by atoms with E-state index in [1.165, 1.54) is 37.7 Å². The Morgan fingerprint density at radius 2 is 1.82 bits per heavy atom. The van der Waals surface area contributed by atoms with Crippen LogP contribution in [-0.4, -0.2) is 93.2 Å². The summed E-state index contributed by atoms with van der Waals surface area (Å²) in [4.78, 5) is 32.5. The predicted octanol–water partition coefficient (Wildman–Crippen LogP) is 5.56. The topological polar surface area (TPSA) is 128 Å². The first-order valence-electron chi connectivity index (χ1n) is 17.0. The van der Waals surface area contributed by atoms with Gasteiger partial charge in [-0.25, -0.2) is 19.2 Å². The van der Waals surface area contributed by atoms with Gasteiger partial charge in [0, 0.05) is 68.5 Å². The third-order valence-electron chi connectivity index (χ3n) is 9.91. The summed E-state index contributed by atoms with van der Waals surface area (Å²) in [6, 6.07) is 13.8. The molecular formula is C37H44FN9O2. The number of nitrogens with zero attached hydrogens (tertiary/aromatic N) is 6. The van der Waals surface area contributed by atoms with Crippen molar-refractivity contribution in [3.8, 4) is 11.5 Å². The van der Waals surface area contributed by atoms with Crippen molar-refractivity contribution in [1.82, 2.24) is 24.7 Å². The smallest absolute Gasteiger partial charge is 0.252 e. The fraction of sp³-hybridized carbons (Fsp3) is 0.432. The number of nitrogen functional groups attached to an aromatic ring is 1. The van der Waals surface area contributed by atoms with Crippen molar-refractivity contribution in [3.05, 3.63) is 95.0 Å². The zero-order chi connectivity index (χ0) is 34.5. The Labute approximate surface area is 287 Å². The van der Waals surface area contributed by atoms with Gasteiger partial charge < -0.3 is 20.7 Å². The maximum atomic E-state index is 15.4. The number of benzene rings is 2. The second kappa shape index (κ2) is 14.7. The van der Waals surface area contributed by atoms with Crippen molar-refractivity contribution >= 4 is 23.3 Å². The van der Waals surface area contributed by atoms with E-state index in [0.717, 1.165) is 38.6 Å². The molecule has 1 aliphatic carbocycles. The zero-order valence-corrected chi connectivity index (χ0v) is 28.2. The first-order chi connectivity index (χ1) is 23.6. The Bertz CT molecular complexity index is 1740. The van der Waals surface area contributed by atoms with Gasteiger partial charge >= 0.3 is 0 Å².